The molecule has 0 aromatic rings. The van der Waals surface area contributed by atoms with Crippen LogP contribution >= 0.6 is 0 Å². The van der Waals surface area contributed by atoms with E-state index in [0.29, 0.717) is 6.54 Å². The summed E-state index contributed by atoms with van der Waals surface area (Å²) in [6.45, 7) is 10.1. The van der Waals surface area contributed by atoms with Crippen molar-refractivity contribution in [3.05, 3.63) is 0 Å². The number of rotatable bonds is 6. The lowest BCUT2D eigenvalue weighted by Gasteiger charge is -2.31. The molecular formula is C13H27N3O. The van der Waals surface area contributed by atoms with E-state index in [0.717, 1.165) is 19.0 Å². The molecule has 0 aromatic carbocycles. The smallest absolute Gasteiger partial charge is 0.236 e. The van der Waals surface area contributed by atoms with E-state index in [1.807, 2.05) is 14.0 Å². The minimum atomic E-state index is 0.193. The number of likely N-dealkylation sites (N-methyl/N-ethyl adjacent to an activating group) is 1. The maximum absolute atomic E-state index is 11.6. The van der Waals surface area contributed by atoms with Gasteiger partial charge in [-0.1, -0.05) is 6.92 Å². The SMILES string of the molecule is CCN1CCC(CNCC(=O)N(C)CC)CC1. The Hall–Kier alpha value is -0.610. The van der Waals surface area contributed by atoms with Gasteiger partial charge in [-0.25, -0.2) is 0 Å². The number of piperidine rings is 1. The lowest BCUT2D eigenvalue weighted by atomic mass is 9.97. The third kappa shape index (κ3) is 5.04. The molecule has 0 aliphatic carbocycles. The number of hydrogen-bond donors (Lipinski definition) is 1. The number of carbonyl (C=O) groups excluding carboxylic acids is 1. The molecule has 1 heterocycles. The third-order valence-corrected chi connectivity index (χ3v) is 3.76. The Morgan fingerprint density at radius 1 is 1.35 bits per heavy atom. The van der Waals surface area contributed by atoms with Gasteiger partial charge in [-0.15, -0.1) is 0 Å². The maximum atomic E-state index is 11.6. The first kappa shape index (κ1) is 14.5. The molecule has 1 N–H and O–H groups in total. The second kappa shape index (κ2) is 7.67. The molecule has 1 aliphatic rings. The number of hydrogen-bond acceptors (Lipinski definition) is 3. The summed E-state index contributed by atoms with van der Waals surface area (Å²) in [7, 11) is 1.85. The summed E-state index contributed by atoms with van der Waals surface area (Å²) in [5, 5.41) is 3.29. The predicted octanol–water partition coefficient (Wildman–Crippen LogP) is 0.786. The summed E-state index contributed by atoms with van der Waals surface area (Å²) in [5.74, 6) is 0.941. The Bertz CT molecular complexity index is 225. The van der Waals surface area contributed by atoms with Gasteiger partial charge in [-0.3, -0.25) is 4.79 Å². The van der Waals surface area contributed by atoms with E-state index in [9.17, 15) is 4.79 Å². The monoisotopic (exact) mass is 241 g/mol. The first-order chi connectivity index (χ1) is 8.17. The van der Waals surface area contributed by atoms with Crippen LogP contribution in [-0.4, -0.2) is 62.0 Å². The van der Waals surface area contributed by atoms with Crippen molar-refractivity contribution in [2.24, 2.45) is 5.92 Å². The van der Waals surface area contributed by atoms with Crippen LogP contribution in [0.15, 0.2) is 0 Å². The molecule has 0 saturated carbocycles. The first-order valence-electron chi connectivity index (χ1n) is 6.84. The Morgan fingerprint density at radius 2 is 2.00 bits per heavy atom. The molecule has 1 amide bonds. The highest BCUT2D eigenvalue weighted by molar-refractivity contribution is 5.77. The van der Waals surface area contributed by atoms with Gasteiger partial charge in [0.05, 0.1) is 6.54 Å². The molecule has 100 valence electrons. The second-order valence-corrected chi connectivity index (χ2v) is 4.92. The van der Waals surface area contributed by atoms with E-state index in [-0.39, 0.29) is 5.91 Å². The minimum absolute atomic E-state index is 0.193. The predicted molar refractivity (Wildman–Crippen MR) is 71.0 cm³/mol. The lowest BCUT2D eigenvalue weighted by Crippen LogP contribution is -2.40. The van der Waals surface area contributed by atoms with E-state index < -0.39 is 0 Å². The second-order valence-electron chi connectivity index (χ2n) is 4.92. The number of nitrogens with zero attached hydrogens (tertiary/aromatic N) is 2. The topological polar surface area (TPSA) is 35.6 Å². The molecular weight excluding hydrogens is 214 g/mol. The number of carbonyl (C=O) groups is 1. The van der Waals surface area contributed by atoms with Crippen LogP contribution < -0.4 is 5.32 Å². The third-order valence-electron chi connectivity index (χ3n) is 3.76. The molecule has 0 atom stereocenters. The summed E-state index contributed by atoms with van der Waals surface area (Å²) in [6, 6.07) is 0. The molecule has 4 heteroatoms. The molecule has 1 fully saturated rings. The van der Waals surface area contributed by atoms with Crippen LogP contribution in [0, 0.1) is 5.92 Å². The molecule has 0 bridgehead atoms. The van der Waals surface area contributed by atoms with Crippen molar-refractivity contribution in [3.8, 4) is 0 Å². The number of amides is 1. The summed E-state index contributed by atoms with van der Waals surface area (Å²) >= 11 is 0. The van der Waals surface area contributed by atoms with Gasteiger partial charge in [-0.05, 0) is 51.9 Å². The van der Waals surface area contributed by atoms with E-state index in [2.05, 4.69) is 17.1 Å². The zero-order chi connectivity index (χ0) is 12.7. The zero-order valence-corrected chi connectivity index (χ0v) is 11.5. The Morgan fingerprint density at radius 3 is 2.53 bits per heavy atom. The normalized spacial score (nSPS) is 18.3. The molecule has 0 radical (unpaired) electrons. The lowest BCUT2D eigenvalue weighted by molar-refractivity contribution is -0.128. The van der Waals surface area contributed by atoms with Crippen LogP contribution in [0.3, 0.4) is 0 Å². The quantitative estimate of drug-likeness (QED) is 0.747. The zero-order valence-electron chi connectivity index (χ0n) is 11.5. The van der Waals surface area contributed by atoms with Gasteiger partial charge in [0, 0.05) is 13.6 Å². The van der Waals surface area contributed by atoms with Gasteiger partial charge in [0.15, 0.2) is 0 Å². The van der Waals surface area contributed by atoms with E-state index in [1.165, 1.54) is 32.5 Å². The fourth-order valence-electron chi connectivity index (χ4n) is 2.20. The highest BCUT2D eigenvalue weighted by atomic mass is 16.2. The van der Waals surface area contributed by atoms with Crippen molar-refractivity contribution in [1.29, 1.82) is 0 Å². The fraction of sp³-hybridized carbons (Fsp3) is 0.923. The van der Waals surface area contributed by atoms with Gasteiger partial charge in [0.2, 0.25) is 5.91 Å². The molecule has 0 spiro atoms. The summed E-state index contributed by atoms with van der Waals surface area (Å²) in [6.07, 6.45) is 2.53. The van der Waals surface area contributed by atoms with Crippen molar-refractivity contribution >= 4 is 5.91 Å². The van der Waals surface area contributed by atoms with Gasteiger partial charge in [0.1, 0.15) is 0 Å². The summed E-state index contributed by atoms with van der Waals surface area (Å²) in [5.41, 5.74) is 0. The van der Waals surface area contributed by atoms with Crippen molar-refractivity contribution in [1.82, 2.24) is 15.1 Å². The molecule has 1 aliphatic heterocycles. The summed E-state index contributed by atoms with van der Waals surface area (Å²) < 4.78 is 0. The minimum Gasteiger partial charge on any atom is -0.345 e. The van der Waals surface area contributed by atoms with Crippen LogP contribution in [0.4, 0.5) is 0 Å². The van der Waals surface area contributed by atoms with Gasteiger partial charge in [-0.2, -0.15) is 0 Å². The van der Waals surface area contributed by atoms with Crippen molar-refractivity contribution in [2.75, 3.05) is 46.3 Å². The molecule has 4 nitrogen and oxygen atoms in total. The van der Waals surface area contributed by atoms with Crippen LogP contribution in [0.2, 0.25) is 0 Å². The molecule has 1 rings (SSSR count). The van der Waals surface area contributed by atoms with Gasteiger partial charge < -0.3 is 15.1 Å². The molecule has 1 saturated heterocycles. The van der Waals surface area contributed by atoms with Crippen molar-refractivity contribution in [2.45, 2.75) is 26.7 Å². The number of likely N-dealkylation sites (tertiary alicyclic amines) is 1. The van der Waals surface area contributed by atoms with Crippen LogP contribution in [0.5, 0.6) is 0 Å². The molecule has 0 unspecified atom stereocenters. The van der Waals surface area contributed by atoms with Crippen molar-refractivity contribution < 1.29 is 4.79 Å². The van der Waals surface area contributed by atoms with Crippen molar-refractivity contribution in [3.63, 3.8) is 0 Å². The average Bonchev–Trinajstić information content (AvgIpc) is 2.38. The average molecular weight is 241 g/mol. The van der Waals surface area contributed by atoms with Crippen LogP contribution in [0.1, 0.15) is 26.7 Å². The standard InChI is InChI=1S/C13H27N3O/c1-4-15(3)13(17)11-14-10-12-6-8-16(5-2)9-7-12/h12,14H,4-11H2,1-3H3. The largest absolute Gasteiger partial charge is 0.345 e. The molecule has 0 aromatic heterocycles. The van der Waals surface area contributed by atoms with Gasteiger partial charge in [0.25, 0.3) is 0 Å². The highest BCUT2D eigenvalue weighted by Gasteiger charge is 2.17. The van der Waals surface area contributed by atoms with E-state index in [4.69, 9.17) is 0 Å². The van der Waals surface area contributed by atoms with E-state index in [1.54, 1.807) is 4.90 Å². The summed E-state index contributed by atoms with van der Waals surface area (Å²) in [4.78, 5) is 15.8. The van der Waals surface area contributed by atoms with Crippen LogP contribution in [0.25, 0.3) is 0 Å². The number of nitrogens with one attached hydrogen (secondary N) is 1. The maximum Gasteiger partial charge on any atom is 0.236 e. The van der Waals surface area contributed by atoms with Crippen LogP contribution in [-0.2, 0) is 4.79 Å². The van der Waals surface area contributed by atoms with E-state index >= 15 is 0 Å². The Labute approximate surface area is 105 Å². The highest BCUT2D eigenvalue weighted by Crippen LogP contribution is 2.15. The fourth-order valence-corrected chi connectivity index (χ4v) is 2.20. The Balaban J connectivity index is 2.09. The Kier molecular flexibility index (Phi) is 6.52. The van der Waals surface area contributed by atoms with Gasteiger partial charge >= 0.3 is 0 Å². The molecule has 17 heavy (non-hydrogen) atoms. The first-order valence-corrected chi connectivity index (χ1v) is 6.84.